The molecule has 3 amide bonds. The summed E-state index contributed by atoms with van der Waals surface area (Å²) in [5.41, 5.74) is 0.435. The van der Waals surface area contributed by atoms with Crippen molar-refractivity contribution in [3.63, 3.8) is 0 Å². The van der Waals surface area contributed by atoms with Gasteiger partial charge in [0.1, 0.15) is 23.6 Å². The number of benzene rings is 1. The third-order valence-corrected chi connectivity index (χ3v) is 8.67. The van der Waals surface area contributed by atoms with Gasteiger partial charge in [0.05, 0.1) is 24.6 Å². The fourth-order valence-electron chi connectivity index (χ4n) is 6.17. The summed E-state index contributed by atoms with van der Waals surface area (Å²) in [6.07, 6.45) is 7.08. The van der Waals surface area contributed by atoms with E-state index in [0.29, 0.717) is 62.9 Å². The molecule has 2 fully saturated rings. The molecular weight excluding hydrogens is 624 g/mol. The van der Waals surface area contributed by atoms with E-state index in [0.717, 1.165) is 31.2 Å². The van der Waals surface area contributed by atoms with Crippen molar-refractivity contribution < 1.29 is 33.4 Å². The molecule has 2 unspecified atom stereocenters. The van der Waals surface area contributed by atoms with Crippen LogP contribution in [-0.2, 0) is 30.5 Å². The maximum absolute atomic E-state index is 13.7. The normalized spacial score (nSPS) is 18.0. The Morgan fingerprint density at radius 1 is 0.898 bits per heavy atom. The van der Waals surface area contributed by atoms with Crippen LogP contribution in [0.4, 0.5) is 4.79 Å². The fraction of sp³-hybridized carbons (Fsp3) is 0.605. The SMILES string of the molecule is CC(C)(C)OC(=O)CC(NC(=O)C1CCCN(C(=O)CCC2CCN(C(=O)OC(C)(C)C)CC2)C1)c1cncc(OCc2ccccc2)c1. The first-order valence-electron chi connectivity index (χ1n) is 17.5. The summed E-state index contributed by atoms with van der Waals surface area (Å²) >= 11 is 0. The Bertz CT molecular complexity index is 1410. The predicted octanol–water partition coefficient (Wildman–Crippen LogP) is 6.22. The number of hydrogen-bond acceptors (Lipinski definition) is 8. The lowest BCUT2D eigenvalue weighted by molar-refractivity contribution is -0.155. The monoisotopic (exact) mass is 678 g/mol. The molecule has 11 nitrogen and oxygen atoms in total. The van der Waals surface area contributed by atoms with Crippen molar-refractivity contribution in [1.82, 2.24) is 20.1 Å². The largest absolute Gasteiger partial charge is 0.487 e. The van der Waals surface area contributed by atoms with Gasteiger partial charge < -0.3 is 29.3 Å². The molecule has 0 spiro atoms. The van der Waals surface area contributed by atoms with Crippen molar-refractivity contribution in [3.05, 3.63) is 59.9 Å². The number of piperidine rings is 2. The molecule has 0 saturated carbocycles. The van der Waals surface area contributed by atoms with Crippen molar-refractivity contribution in [3.8, 4) is 5.75 Å². The fourth-order valence-corrected chi connectivity index (χ4v) is 6.17. The molecule has 0 radical (unpaired) electrons. The number of pyridine rings is 1. The second kappa shape index (κ2) is 17.0. The number of amides is 3. The van der Waals surface area contributed by atoms with Gasteiger partial charge in [-0.25, -0.2) is 4.79 Å². The minimum absolute atomic E-state index is 0.0462. The lowest BCUT2D eigenvalue weighted by Crippen LogP contribution is -2.46. The van der Waals surface area contributed by atoms with Gasteiger partial charge in [-0.3, -0.25) is 19.4 Å². The average molecular weight is 679 g/mol. The van der Waals surface area contributed by atoms with E-state index in [1.807, 2.05) is 51.1 Å². The van der Waals surface area contributed by atoms with Crippen molar-refractivity contribution in [2.75, 3.05) is 26.2 Å². The van der Waals surface area contributed by atoms with Crippen molar-refractivity contribution in [2.45, 2.75) is 110 Å². The highest BCUT2D eigenvalue weighted by Crippen LogP contribution is 2.27. The van der Waals surface area contributed by atoms with Crippen LogP contribution in [0, 0.1) is 11.8 Å². The van der Waals surface area contributed by atoms with Crippen LogP contribution in [0.15, 0.2) is 48.8 Å². The number of hydrogen-bond donors (Lipinski definition) is 1. The molecule has 2 atom stereocenters. The van der Waals surface area contributed by atoms with E-state index in [1.54, 1.807) is 49.0 Å². The van der Waals surface area contributed by atoms with Crippen LogP contribution in [0.2, 0.25) is 0 Å². The van der Waals surface area contributed by atoms with Crippen LogP contribution in [0.1, 0.15) is 104 Å². The quantitative estimate of drug-likeness (QED) is 0.278. The molecule has 49 heavy (non-hydrogen) atoms. The summed E-state index contributed by atoms with van der Waals surface area (Å²) in [5, 5.41) is 3.08. The molecule has 11 heteroatoms. The van der Waals surface area contributed by atoms with E-state index in [9.17, 15) is 19.2 Å². The topological polar surface area (TPSA) is 127 Å². The van der Waals surface area contributed by atoms with E-state index < -0.39 is 29.1 Å². The lowest BCUT2D eigenvalue weighted by Gasteiger charge is -2.35. The summed E-state index contributed by atoms with van der Waals surface area (Å²) in [6, 6.07) is 10.9. The minimum atomic E-state index is -0.687. The Morgan fingerprint density at radius 2 is 1.59 bits per heavy atom. The zero-order valence-electron chi connectivity index (χ0n) is 30.0. The number of likely N-dealkylation sites (tertiary alicyclic amines) is 2. The maximum Gasteiger partial charge on any atom is 0.410 e. The molecule has 2 saturated heterocycles. The van der Waals surface area contributed by atoms with E-state index in [1.165, 1.54) is 0 Å². The number of rotatable bonds is 11. The first-order valence-corrected chi connectivity index (χ1v) is 17.5. The van der Waals surface area contributed by atoms with Crippen LogP contribution >= 0.6 is 0 Å². The Balaban J connectivity index is 1.33. The van der Waals surface area contributed by atoms with Gasteiger partial charge in [0.15, 0.2) is 0 Å². The summed E-state index contributed by atoms with van der Waals surface area (Å²) in [4.78, 5) is 60.2. The van der Waals surface area contributed by atoms with Gasteiger partial charge >= 0.3 is 12.1 Å². The zero-order valence-corrected chi connectivity index (χ0v) is 30.0. The molecule has 0 aliphatic carbocycles. The Labute approximate surface area is 291 Å². The third-order valence-electron chi connectivity index (χ3n) is 8.67. The van der Waals surface area contributed by atoms with Gasteiger partial charge in [0, 0.05) is 38.8 Å². The molecule has 2 aliphatic rings. The smallest absolute Gasteiger partial charge is 0.410 e. The van der Waals surface area contributed by atoms with Crippen LogP contribution in [0.5, 0.6) is 5.75 Å². The second-order valence-corrected chi connectivity index (χ2v) is 15.2. The highest BCUT2D eigenvalue weighted by Gasteiger charge is 2.32. The predicted molar refractivity (Wildman–Crippen MR) is 185 cm³/mol. The lowest BCUT2D eigenvalue weighted by atomic mass is 9.91. The minimum Gasteiger partial charge on any atom is -0.487 e. The van der Waals surface area contributed by atoms with E-state index in [-0.39, 0.29) is 24.3 Å². The molecule has 4 rings (SSSR count). The van der Waals surface area contributed by atoms with Gasteiger partial charge in [0.2, 0.25) is 11.8 Å². The number of carbonyl (C=O) groups is 4. The van der Waals surface area contributed by atoms with Crippen LogP contribution in [0.25, 0.3) is 0 Å². The summed E-state index contributed by atoms with van der Waals surface area (Å²) in [5.74, 6) is -0.121. The third kappa shape index (κ3) is 12.7. The van der Waals surface area contributed by atoms with E-state index in [4.69, 9.17) is 14.2 Å². The van der Waals surface area contributed by atoms with Gasteiger partial charge in [-0.05, 0) is 96.8 Å². The average Bonchev–Trinajstić information content (AvgIpc) is 3.05. The first-order chi connectivity index (χ1) is 23.1. The molecule has 2 aromatic rings. The van der Waals surface area contributed by atoms with Gasteiger partial charge in [-0.1, -0.05) is 30.3 Å². The maximum atomic E-state index is 13.7. The Hall–Kier alpha value is -4.15. The van der Waals surface area contributed by atoms with Gasteiger partial charge in [0.25, 0.3) is 0 Å². The van der Waals surface area contributed by atoms with Gasteiger partial charge in [-0.2, -0.15) is 0 Å². The van der Waals surface area contributed by atoms with Crippen LogP contribution in [-0.4, -0.2) is 76.0 Å². The van der Waals surface area contributed by atoms with Crippen LogP contribution < -0.4 is 10.1 Å². The summed E-state index contributed by atoms with van der Waals surface area (Å²) < 4.78 is 17.1. The second-order valence-electron chi connectivity index (χ2n) is 15.2. The molecule has 1 aromatic carbocycles. The van der Waals surface area contributed by atoms with Gasteiger partial charge in [-0.15, -0.1) is 0 Å². The highest BCUT2D eigenvalue weighted by molar-refractivity contribution is 5.82. The molecule has 268 valence electrons. The molecular formula is C38H54N4O7. The number of ether oxygens (including phenoxy) is 3. The Kier molecular flexibility index (Phi) is 13.1. The highest BCUT2D eigenvalue weighted by atomic mass is 16.6. The van der Waals surface area contributed by atoms with Crippen molar-refractivity contribution >= 4 is 23.9 Å². The number of nitrogens with one attached hydrogen (secondary N) is 1. The van der Waals surface area contributed by atoms with Crippen molar-refractivity contribution in [1.29, 1.82) is 0 Å². The molecule has 3 heterocycles. The van der Waals surface area contributed by atoms with Crippen LogP contribution in [0.3, 0.4) is 0 Å². The van der Waals surface area contributed by atoms with Crippen molar-refractivity contribution in [2.24, 2.45) is 11.8 Å². The number of aromatic nitrogens is 1. The summed E-state index contributed by atoms with van der Waals surface area (Å²) in [7, 11) is 0. The Morgan fingerprint density at radius 3 is 2.27 bits per heavy atom. The molecule has 1 aromatic heterocycles. The standard InChI is InChI=1S/C38H54N4O7/c1-37(2,3)48-34(44)22-32(30-21-31(24-39-23-30)47-26-28-11-8-7-9-12-28)40-35(45)29-13-10-18-42(25-29)33(43)15-14-27-16-19-41(20-17-27)36(46)49-38(4,5)6/h7-9,11-12,21,23-24,27,29,32H,10,13-20,22,25-26H2,1-6H3,(H,40,45). The molecule has 1 N–H and O–H groups in total. The molecule has 2 aliphatic heterocycles. The number of nitrogens with zero attached hydrogens (tertiary/aromatic N) is 3. The van der Waals surface area contributed by atoms with E-state index in [2.05, 4.69) is 10.3 Å². The first kappa shape index (κ1) is 37.7. The zero-order chi connectivity index (χ0) is 35.6. The molecule has 0 bridgehead atoms. The van der Waals surface area contributed by atoms with E-state index >= 15 is 0 Å². The number of esters is 1. The number of carbonyl (C=O) groups excluding carboxylic acids is 4. The summed E-state index contributed by atoms with van der Waals surface area (Å²) in [6.45, 7) is 13.6.